The van der Waals surface area contributed by atoms with Gasteiger partial charge >= 0.3 is 0 Å². The monoisotopic (exact) mass is 254 g/mol. The summed E-state index contributed by atoms with van der Waals surface area (Å²) < 4.78 is 26.3. The average molecular weight is 254 g/mol. The molecule has 0 fully saturated rings. The van der Waals surface area contributed by atoms with E-state index in [1.807, 2.05) is 0 Å². The molecule has 0 aromatic rings. The Labute approximate surface area is 95.2 Å². The van der Waals surface area contributed by atoms with Crippen LogP contribution in [0.5, 0.6) is 0 Å². The summed E-state index contributed by atoms with van der Waals surface area (Å²) in [5, 5.41) is 0. The lowest BCUT2D eigenvalue weighted by Crippen LogP contribution is -2.41. The van der Waals surface area contributed by atoms with Crippen LogP contribution < -0.4 is 11.2 Å². The van der Waals surface area contributed by atoms with Crippen LogP contribution in [0.25, 0.3) is 0 Å². The first-order valence-corrected chi connectivity index (χ1v) is 6.76. The maximum Gasteiger partial charge on any atom is 0.260 e. The summed E-state index contributed by atoms with van der Waals surface area (Å²) in [5.41, 5.74) is 7.57. The maximum absolute atomic E-state index is 11.2. The van der Waals surface area contributed by atoms with Crippen LogP contribution in [-0.4, -0.2) is 52.7 Å². The highest BCUT2D eigenvalue weighted by molar-refractivity contribution is 7.90. The van der Waals surface area contributed by atoms with E-state index >= 15 is 0 Å². The molecule has 1 amide bonds. The van der Waals surface area contributed by atoms with Gasteiger partial charge in [-0.05, 0) is 6.42 Å². The van der Waals surface area contributed by atoms with E-state index < -0.39 is 21.8 Å². The molecule has 0 aromatic carbocycles. The maximum atomic E-state index is 11.2. The van der Waals surface area contributed by atoms with E-state index in [1.54, 1.807) is 0 Å². The summed E-state index contributed by atoms with van der Waals surface area (Å²) in [6.07, 6.45) is 1.16. The molecule has 0 spiro atoms. The van der Waals surface area contributed by atoms with Crippen molar-refractivity contribution in [2.24, 2.45) is 5.73 Å². The van der Waals surface area contributed by atoms with Gasteiger partial charge in [0, 0.05) is 13.4 Å². The van der Waals surface area contributed by atoms with E-state index in [0.29, 0.717) is 6.61 Å². The number of hydrogen-bond acceptors (Lipinski definition) is 6. The molecule has 0 aromatic heterocycles. The van der Waals surface area contributed by atoms with Gasteiger partial charge in [-0.25, -0.2) is 13.9 Å². The summed E-state index contributed by atoms with van der Waals surface area (Å²) in [7, 11) is -1.60. The molecule has 0 saturated heterocycles. The Hall–Kier alpha value is -0.700. The van der Waals surface area contributed by atoms with Crippen LogP contribution in [-0.2, 0) is 24.2 Å². The second-order valence-corrected chi connectivity index (χ2v) is 5.59. The van der Waals surface area contributed by atoms with Crippen molar-refractivity contribution in [2.75, 3.05) is 32.3 Å². The van der Waals surface area contributed by atoms with E-state index in [0.717, 1.165) is 6.26 Å². The minimum atomic E-state index is -3.10. The smallest absolute Gasteiger partial charge is 0.260 e. The summed E-state index contributed by atoms with van der Waals surface area (Å²) in [5.74, 6) is -0.667. The van der Waals surface area contributed by atoms with Gasteiger partial charge < -0.3 is 10.5 Å². The Morgan fingerprint density at radius 3 is 2.56 bits per heavy atom. The molecule has 0 aliphatic heterocycles. The molecule has 16 heavy (non-hydrogen) atoms. The number of methoxy groups -OCH3 is 1. The van der Waals surface area contributed by atoms with Gasteiger partial charge in [-0.2, -0.15) is 0 Å². The highest BCUT2D eigenvalue weighted by atomic mass is 32.2. The van der Waals surface area contributed by atoms with Gasteiger partial charge in [0.1, 0.15) is 9.84 Å². The number of hydroxylamine groups is 1. The minimum Gasteiger partial charge on any atom is -0.382 e. The number of hydrogen-bond donors (Lipinski definition) is 2. The van der Waals surface area contributed by atoms with Crippen molar-refractivity contribution < 1.29 is 22.8 Å². The van der Waals surface area contributed by atoms with Crippen molar-refractivity contribution in [3.63, 3.8) is 0 Å². The molecular formula is C8H18N2O5S. The number of sulfone groups is 1. The van der Waals surface area contributed by atoms with Gasteiger partial charge in [0.05, 0.1) is 25.0 Å². The molecule has 7 nitrogen and oxygen atoms in total. The van der Waals surface area contributed by atoms with Crippen molar-refractivity contribution in [3.05, 3.63) is 0 Å². The molecule has 1 unspecified atom stereocenters. The third-order valence-electron chi connectivity index (χ3n) is 1.70. The molecule has 96 valence electrons. The van der Waals surface area contributed by atoms with Crippen LogP contribution in [0.3, 0.4) is 0 Å². The SMILES string of the molecule is COCCONC(=O)C(N)CCS(C)(=O)=O. The average Bonchev–Trinajstić information content (AvgIpc) is 2.19. The number of amides is 1. The van der Waals surface area contributed by atoms with Crippen molar-refractivity contribution in [2.45, 2.75) is 12.5 Å². The Kier molecular flexibility index (Phi) is 7.22. The van der Waals surface area contributed by atoms with E-state index in [1.165, 1.54) is 7.11 Å². The van der Waals surface area contributed by atoms with E-state index in [9.17, 15) is 13.2 Å². The first-order valence-electron chi connectivity index (χ1n) is 4.70. The van der Waals surface area contributed by atoms with Crippen molar-refractivity contribution in [3.8, 4) is 0 Å². The predicted molar refractivity (Wildman–Crippen MR) is 58.3 cm³/mol. The van der Waals surface area contributed by atoms with E-state index in [2.05, 4.69) is 10.2 Å². The lowest BCUT2D eigenvalue weighted by Gasteiger charge is -2.11. The zero-order valence-electron chi connectivity index (χ0n) is 9.43. The third kappa shape index (κ3) is 8.60. The van der Waals surface area contributed by atoms with Gasteiger partial charge in [0.15, 0.2) is 0 Å². The number of nitrogens with one attached hydrogen (secondary N) is 1. The second-order valence-electron chi connectivity index (χ2n) is 3.33. The predicted octanol–water partition coefficient (Wildman–Crippen LogP) is -1.56. The molecule has 0 rings (SSSR count). The third-order valence-corrected chi connectivity index (χ3v) is 2.68. The highest BCUT2D eigenvalue weighted by Crippen LogP contribution is 1.93. The van der Waals surface area contributed by atoms with Crippen LogP contribution in [0.4, 0.5) is 0 Å². The van der Waals surface area contributed by atoms with Crippen LogP contribution >= 0.6 is 0 Å². The highest BCUT2D eigenvalue weighted by Gasteiger charge is 2.15. The molecule has 0 saturated carbocycles. The van der Waals surface area contributed by atoms with Crippen molar-refractivity contribution in [1.82, 2.24) is 5.48 Å². The number of carbonyl (C=O) groups excluding carboxylic acids is 1. The molecule has 0 radical (unpaired) electrons. The van der Waals surface area contributed by atoms with Gasteiger partial charge in [0.2, 0.25) is 0 Å². The Morgan fingerprint density at radius 1 is 1.44 bits per heavy atom. The zero-order valence-corrected chi connectivity index (χ0v) is 10.2. The lowest BCUT2D eigenvalue weighted by atomic mass is 10.2. The van der Waals surface area contributed by atoms with Crippen LogP contribution in [0.15, 0.2) is 0 Å². The Morgan fingerprint density at radius 2 is 2.06 bits per heavy atom. The first kappa shape index (κ1) is 15.3. The van der Waals surface area contributed by atoms with E-state index in [-0.39, 0.29) is 18.8 Å². The van der Waals surface area contributed by atoms with Crippen LogP contribution in [0.1, 0.15) is 6.42 Å². The van der Waals surface area contributed by atoms with Gasteiger partial charge in [-0.3, -0.25) is 9.63 Å². The fraction of sp³-hybridized carbons (Fsp3) is 0.875. The second kappa shape index (κ2) is 7.55. The number of nitrogens with two attached hydrogens (primary N) is 1. The van der Waals surface area contributed by atoms with Gasteiger partial charge in [0.25, 0.3) is 5.91 Å². The molecule has 0 bridgehead atoms. The van der Waals surface area contributed by atoms with E-state index in [4.69, 9.17) is 10.6 Å². The number of rotatable bonds is 8. The standard InChI is InChI=1S/C8H18N2O5S/c1-14-4-5-15-10-8(11)7(9)3-6-16(2,12)13/h7H,3-6,9H2,1-2H3,(H,10,11). The van der Waals surface area contributed by atoms with Crippen molar-refractivity contribution >= 4 is 15.7 Å². The summed E-state index contributed by atoms with van der Waals surface area (Å²) in [6.45, 7) is 0.555. The van der Waals surface area contributed by atoms with Gasteiger partial charge in [-0.1, -0.05) is 0 Å². The Balaban J connectivity index is 3.74. The van der Waals surface area contributed by atoms with Gasteiger partial charge in [-0.15, -0.1) is 0 Å². The largest absolute Gasteiger partial charge is 0.382 e. The minimum absolute atomic E-state index is 0.0678. The molecule has 8 heteroatoms. The molecule has 0 aliphatic rings. The molecule has 0 heterocycles. The number of ether oxygens (including phenoxy) is 1. The van der Waals surface area contributed by atoms with Crippen LogP contribution in [0, 0.1) is 0 Å². The summed E-state index contributed by atoms with van der Waals surface area (Å²) in [6, 6.07) is -0.891. The zero-order chi connectivity index (χ0) is 12.6. The topological polar surface area (TPSA) is 108 Å². The summed E-state index contributed by atoms with van der Waals surface area (Å²) in [4.78, 5) is 16.0. The quantitative estimate of drug-likeness (QED) is 0.401. The Bertz CT molecular complexity index is 304. The summed E-state index contributed by atoms with van der Waals surface area (Å²) >= 11 is 0. The van der Waals surface area contributed by atoms with Crippen LogP contribution in [0.2, 0.25) is 0 Å². The molecule has 3 N–H and O–H groups in total. The normalized spacial score (nSPS) is 13.4. The lowest BCUT2D eigenvalue weighted by molar-refractivity contribution is -0.135. The molecular weight excluding hydrogens is 236 g/mol. The number of carbonyl (C=O) groups is 1. The van der Waals surface area contributed by atoms with Crippen molar-refractivity contribution in [1.29, 1.82) is 0 Å². The molecule has 0 aliphatic carbocycles. The molecule has 1 atom stereocenters. The first-order chi connectivity index (χ1) is 7.37. The fourth-order valence-electron chi connectivity index (χ4n) is 0.795. The fourth-order valence-corrected chi connectivity index (χ4v) is 1.48.